The average Bonchev–Trinajstić information content (AvgIpc) is 2.52. The van der Waals surface area contributed by atoms with Crippen molar-refractivity contribution in [1.82, 2.24) is 0 Å². The highest BCUT2D eigenvalue weighted by atomic mass is 19.1. The van der Waals surface area contributed by atoms with Crippen LogP contribution in [0.25, 0.3) is 0 Å². The molecule has 4 nitrogen and oxygen atoms in total. The van der Waals surface area contributed by atoms with Gasteiger partial charge in [0.2, 0.25) is 0 Å². The molecule has 0 heterocycles. The van der Waals surface area contributed by atoms with Gasteiger partial charge in [0, 0.05) is 11.3 Å². The van der Waals surface area contributed by atoms with E-state index in [1.54, 1.807) is 31.2 Å². The van der Waals surface area contributed by atoms with E-state index in [2.05, 4.69) is 5.32 Å². The number of carbonyl (C=O) groups excluding carboxylic acids is 1. The van der Waals surface area contributed by atoms with Crippen LogP contribution in [0.5, 0.6) is 11.5 Å². The van der Waals surface area contributed by atoms with Crippen LogP contribution in [0.1, 0.15) is 29.8 Å². The van der Waals surface area contributed by atoms with E-state index >= 15 is 0 Å². The molecule has 2 aromatic carbocycles. The van der Waals surface area contributed by atoms with Gasteiger partial charge in [0.05, 0.1) is 13.2 Å². The summed E-state index contributed by atoms with van der Waals surface area (Å²) in [5, 5.41) is 2.77. The van der Waals surface area contributed by atoms with E-state index in [1.165, 1.54) is 12.1 Å². The summed E-state index contributed by atoms with van der Waals surface area (Å²) in [7, 11) is 0. The van der Waals surface area contributed by atoms with Crippen molar-refractivity contribution in [2.45, 2.75) is 20.8 Å². The van der Waals surface area contributed by atoms with Crippen LogP contribution in [0, 0.1) is 12.7 Å². The molecule has 0 aliphatic heterocycles. The maximum absolute atomic E-state index is 13.1. The van der Waals surface area contributed by atoms with E-state index in [0.717, 1.165) is 0 Å². The standard InChI is InChI=1S/C18H20FNO3/c1-4-22-16-9-6-13(11-17(16)23-5-2)18(21)20-15-8-7-14(19)10-12(15)3/h6-11H,4-5H2,1-3H3,(H,20,21). The molecular formula is C18H20FNO3. The second-order valence-corrected chi connectivity index (χ2v) is 4.94. The molecule has 0 aliphatic carbocycles. The number of carbonyl (C=O) groups is 1. The number of nitrogens with one attached hydrogen (secondary N) is 1. The quantitative estimate of drug-likeness (QED) is 0.869. The number of benzene rings is 2. The number of halogens is 1. The number of anilines is 1. The fourth-order valence-electron chi connectivity index (χ4n) is 2.15. The highest BCUT2D eigenvalue weighted by Crippen LogP contribution is 2.29. The first-order valence-corrected chi connectivity index (χ1v) is 7.52. The summed E-state index contributed by atoms with van der Waals surface area (Å²) < 4.78 is 24.1. The summed E-state index contributed by atoms with van der Waals surface area (Å²) >= 11 is 0. The van der Waals surface area contributed by atoms with Gasteiger partial charge in [0.25, 0.3) is 5.91 Å². The molecular weight excluding hydrogens is 297 g/mol. The fraction of sp³-hybridized carbons (Fsp3) is 0.278. The van der Waals surface area contributed by atoms with Crippen molar-refractivity contribution in [2.24, 2.45) is 0 Å². The van der Waals surface area contributed by atoms with Gasteiger partial charge in [-0.1, -0.05) is 0 Å². The van der Waals surface area contributed by atoms with Crippen LogP contribution in [0.4, 0.5) is 10.1 Å². The van der Waals surface area contributed by atoms with Crippen molar-refractivity contribution in [2.75, 3.05) is 18.5 Å². The molecule has 0 saturated carbocycles. The van der Waals surface area contributed by atoms with Crippen LogP contribution in [0.15, 0.2) is 36.4 Å². The molecule has 0 bridgehead atoms. The molecule has 23 heavy (non-hydrogen) atoms. The highest BCUT2D eigenvalue weighted by molar-refractivity contribution is 6.05. The minimum atomic E-state index is -0.333. The summed E-state index contributed by atoms with van der Waals surface area (Å²) in [5.74, 6) is 0.505. The molecule has 2 rings (SSSR count). The SMILES string of the molecule is CCOc1ccc(C(=O)Nc2ccc(F)cc2C)cc1OCC. The lowest BCUT2D eigenvalue weighted by atomic mass is 10.1. The number of rotatable bonds is 6. The number of aryl methyl sites for hydroxylation is 1. The molecule has 0 aromatic heterocycles. The fourth-order valence-corrected chi connectivity index (χ4v) is 2.15. The second-order valence-electron chi connectivity index (χ2n) is 4.94. The Labute approximate surface area is 135 Å². The molecule has 0 fully saturated rings. The lowest BCUT2D eigenvalue weighted by Crippen LogP contribution is -2.13. The van der Waals surface area contributed by atoms with Gasteiger partial charge in [-0.15, -0.1) is 0 Å². The van der Waals surface area contributed by atoms with E-state index in [0.29, 0.717) is 41.5 Å². The minimum Gasteiger partial charge on any atom is -0.490 e. The maximum atomic E-state index is 13.1. The Balaban J connectivity index is 2.23. The van der Waals surface area contributed by atoms with Crippen molar-refractivity contribution < 1.29 is 18.7 Å². The van der Waals surface area contributed by atoms with Crippen molar-refractivity contribution >= 4 is 11.6 Å². The first kappa shape index (κ1) is 16.8. The van der Waals surface area contributed by atoms with E-state index < -0.39 is 0 Å². The van der Waals surface area contributed by atoms with E-state index in [9.17, 15) is 9.18 Å². The maximum Gasteiger partial charge on any atom is 0.255 e. The Morgan fingerprint density at radius 1 is 1.04 bits per heavy atom. The number of amides is 1. The molecule has 0 unspecified atom stereocenters. The third-order valence-electron chi connectivity index (χ3n) is 3.24. The van der Waals surface area contributed by atoms with Gasteiger partial charge in [-0.3, -0.25) is 4.79 Å². The zero-order chi connectivity index (χ0) is 16.8. The predicted octanol–water partition coefficient (Wildman–Crippen LogP) is 4.18. The molecule has 1 amide bonds. The smallest absolute Gasteiger partial charge is 0.255 e. The summed E-state index contributed by atoms with van der Waals surface area (Å²) in [6.45, 7) is 6.48. The van der Waals surface area contributed by atoms with Gasteiger partial charge in [0.1, 0.15) is 5.82 Å². The van der Waals surface area contributed by atoms with Crippen LogP contribution < -0.4 is 14.8 Å². The lowest BCUT2D eigenvalue weighted by molar-refractivity contribution is 0.102. The largest absolute Gasteiger partial charge is 0.490 e. The van der Waals surface area contributed by atoms with Crippen molar-refractivity contribution in [1.29, 1.82) is 0 Å². The zero-order valence-corrected chi connectivity index (χ0v) is 13.5. The summed E-state index contributed by atoms with van der Waals surface area (Å²) in [6, 6.07) is 9.25. The molecule has 5 heteroatoms. The normalized spacial score (nSPS) is 10.3. The van der Waals surface area contributed by atoms with Crippen LogP contribution in [-0.4, -0.2) is 19.1 Å². The third kappa shape index (κ3) is 4.22. The Bertz CT molecular complexity index is 701. The van der Waals surface area contributed by atoms with Gasteiger partial charge in [-0.2, -0.15) is 0 Å². The predicted molar refractivity (Wildman–Crippen MR) is 87.9 cm³/mol. The Morgan fingerprint density at radius 2 is 1.74 bits per heavy atom. The third-order valence-corrected chi connectivity index (χ3v) is 3.24. The van der Waals surface area contributed by atoms with Gasteiger partial charge in [-0.05, 0) is 62.7 Å². The molecule has 0 radical (unpaired) electrons. The number of ether oxygens (including phenoxy) is 2. The summed E-state index contributed by atoms with van der Waals surface area (Å²) in [5.41, 5.74) is 1.68. The van der Waals surface area contributed by atoms with Crippen molar-refractivity contribution in [3.8, 4) is 11.5 Å². The lowest BCUT2D eigenvalue weighted by Gasteiger charge is -2.13. The van der Waals surface area contributed by atoms with Crippen molar-refractivity contribution in [3.63, 3.8) is 0 Å². The molecule has 0 aliphatic rings. The summed E-state index contributed by atoms with van der Waals surface area (Å²) in [4.78, 5) is 12.4. The van der Waals surface area contributed by atoms with Crippen LogP contribution in [0.3, 0.4) is 0 Å². The van der Waals surface area contributed by atoms with E-state index in [-0.39, 0.29) is 11.7 Å². The molecule has 2 aromatic rings. The Kier molecular flexibility index (Phi) is 5.57. The van der Waals surface area contributed by atoms with E-state index in [4.69, 9.17) is 9.47 Å². The molecule has 0 atom stereocenters. The summed E-state index contributed by atoms with van der Waals surface area (Å²) in [6.07, 6.45) is 0. The van der Waals surface area contributed by atoms with Gasteiger partial charge in [-0.25, -0.2) is 4.39 Å². The first-order valence-electron chi connectivity index (χ1n) is 7.52. The van der Waals surface area contributed by atoms with Crippen LogP contribution in [-0.2, 0) is 0 Å². The minimum absolute atomic E-state index is 0.288. The van der Waals surface area contributed by atoms with Gasteiger partial charge < -0.3 is 14.8 Å². The Morgan fingerprint density at radius 3 is 2.39 bits per heavy atom. The number of hydrogen-bond acceptors (Lipinski definition) is 3. The van der Waals surface area contributed by atoms with Crippen LogP contribution in [0.2, 0.25) is 0 Å². The topological polar surface area (TPSA) is 47.6 Å². The van der Waals surface area contributed by atoms with E-state index in [1.807, 2.05) is 13.8 Å². The molecule has 0 spiro atoms. The molecule has 1 N–H and O–H groups in total. The first-order chi connectivity index (χ1) is 11.0. The highest BCUT2D eigenvalue weighted by Gasteiger charge is 2.12. The Hall–Kier alpha value is -2.56. The van der Waals surface area contributed by atoms with Crippen molar-refractivity contribution in [3.05, 3.63) is 53.3 Å². The second kappa shape index (κ2) is 7.63. The average molecular weight is 317 g/mol. The number of hydrogen-bond donors (Lipinski definition) is 1. The molecule has 0 saturated heterocycles. The zero-order valence-electron chi connectivity index (χ0n) is 13.5. The van der Waals surface area contributed by atoms with Gasteiger partial charge >= 0.3 is 0 Å². The monoisotopic (exact) mass is 317 g/mol. The molecule has 122 valence electrons. The van der Waals surface area contributed by atoms with Gasteiger partial charge in [0.15, 0.2) is 11.5 Å². The van der Waals surface area contributed by atoms with Crippen LogP contribution >= 0.6 is 0 Å².